The van der Waals surface area contributed by atoms with Crippen molar-refractivity contribution in [2.45, 2.75) is 56.1 Å². The molecular formula is C18H21FN4O2S. The quantitative estimate of drug-likeness (QED) is 0.892. The van der Waals surface area contributed by atoms with Crippen molar-refractivity contribution >= 4 is 17.7 Å². The number of hydrogen-bond donors (Lipinski definition) is 1. The number of hydrogen-bond acceptors (Lipinski definition) is 4. The van der Waals surface area contributed by atoms with Gasteiger partial charge in [-0.05, 0) is 43.0 Å². The molecule has 1 unspecified atom stereocenters. The van der Waals surface area contributed by atoms with Crippen LogP contribution in [0.1, 0.15) is 43.1 Å². The molecule has 0 fully saturated rings. The summed E-state index contributed by atoms with van der Waals surface area (Å²) in [7, 11) is 0. The van der Waals surface area contributed by atoms with E-state index in [-0.39, 0.29) is 30.0 Å². The van der Waals surface area contributed by atoms with Crippen LogP contribution in [0.5, 0.6) is 0 Å². The number of rotatable bonds is 3. The Morgan fingerprint density at radius 2 is 2.23 bits per heavy atom. The number of thioether (sulfide) groups is 1. The fourth-order valence-electron chi connectivity index (χ4n) is 3.62. The predicted octanol–water partition coefficient (Wildman–Crippen LogP) is 2.26. The number of benzene rings is 1. The third-order valence-corrected chi connectivity index (χ3v) is 6.04. The van der Waals surface area contributed by atoms with Gasteiger partial charge in [0, 0.05) is 23.6 Å². The first-order valence-corrected chi connectivity index (χ1v) is 9.98. The SMILES string of the molecule is O=C(Cn1nc2n(c1=O)CCCCC2)NC1CCSc2ccc(F)cc21. The number of aryl methyl sites for hydroxylation is 1. The molecule has 3 heterocycles. The van der Waals surface area contributed by atoms with Crippen LogP contribution in [0.2, 0.25) is 0 Å². The summed E-state index contributed by atoms with van der Waals surface area (Å²) in [5.41, 5.74) is 0.588. The summed E-state index contributed by atoms with van der Waals surface area (Å²) < 4.78 is 16.5. The van der Waals surface area contributed by atoms with Crippen molar-refractivity contribution in [2.75, 3.05) is 5.75 Å². The number of nitrogens with one attached hydrogen (secondary N) is 1. The second-order valence-electron chi connectivity index (χ2n) is 6.76. The average molecular weight is 376 g/mol. The number of carbonyl (C=O) groups is 1. The van der Waals surface area contributed by atoms with Crippen LogP contribution in [0.3, 0.4) is 0 Å². The van der Waals surface area contributed by atoms with Crippen LogP contribution in [-0.4, -0.2) is 26.0 Å². The Morgan fingerprint density at radius 3 is 3.12 bits per heavy atom. The Balaban J connectivity index is 1.49. The van der Waals surface area contributed by atoms with E-state index in [0.717, 1.165) is 54.1 Å². The largest absolute Gasteiger partial charge is 0.348 e. The van der Waals surface area contributed by atoms with E-state index in [4.69, 9.17) is 0 Å². The summed E-state index contributed by atoms with van der Waals surface area (Å²) in [6.07, 6.45) is 4.59. The van der Waals surface area contributed by atoms with E-state index < -0.39 is 0 Å². The van der Waals surface area contributed by atoms with Crippen molar-refractivity contribution in [3.63, 3.8) is 0 Å². The van der Waals surface area contributed by atoms with Crippen molar-refractivity contribution in [3.05, 3.63) is 45.9 Å². The predicted molar refractivity (Wildman–Crippen MR) is 96.7 cm³/mol. The molecule has 2 aliphatic rings. The normalized spacial score (nSPS) is 19.3. The molecule has 1 amide bonds. The maximum absolute atomic E-state index is 13.6. The number of aromatic nitrogens is 3. The van der Waals surface area contributed by atoms with Crippen molar-refractivity contribution in [1.82, 2.24) is 19.7 Å². The topological polar surface area (TPSA) is 68.9 Å². The lowest BCUT2D eigenvalue weighted by Crippen LogP contribution is -2.36. The summed E-state index contributed by atoms with van der Waals surface area (Å²) in [6.45, 7) is 0.565. The standard InChI is InChI=1S/C18H21FN4O2S/c19-12-5-6-15-13(10-12)14(7-9-26-15)20-17(24)11-23-18(25)22-8-3-1-2-4-16(22)21-23/h5-6,10,14H,1-4,7-9,11H2,(H,20,24). The van der Waals surface area contributed by atoms with Gasteiger partial charge in [-0.1, -0.05) is 6.42 Å². The fraction of sp³-hybridized carbons (Fsp3) is 0.500. The number of halogens is 1. The maximum Gasteiger partial charge on any atom is 0.346 e. The van der Waals surface area contributed by atoms with Crippen LogP contribution in [0.15, 0.2) is 27.9 Å². The molecule has 1 atom stereocenters. The molecule has 0 radical (unpaired) electrons. The van der Waals surface area contributed by atoms with E-state index in [0.29, 0.717) is 6.54 Å². The molecule has 1 aromatic heterocycles. The van der Waals surface area contributed by atoms with Gasteiger partial charge in [-0.2, -0.15) is 5.10 Å². The third-order valence-electron chi connectivity index (χ3n) is 4.92. The molecule has 26 heavy (non-hydrogen) atoms. The fourth-order valence-corrected chi connectivity index (χ4v) is 4.73. The summed E-state index contributed by atoms with van der Waals surface area (Å²) in [5.74, 6) is 1.05. The summed E-state index contributed by atoms with van der Waals surface area (Å²) in [4.78, 5) is 25.9. The van der Waals surface area contributed by atoms with Gasteiger partial charge >= 0.3 is 5.69 Å². The highest BCUT2D eigenvalue weighted by atomic mass is 32.2. The van der Waals surface area contributed by atoms with Crippen LogP contribution in [-0.2, 0) is 24.3 Å². The monoisotopic (exact) mass is 376 g/mol. The van der Waals surface area contributed by atoms with E-state index >= 15 is 0 Å². The Kier molecular flexibility index (Phi) is 4.84. The molecule has 0 bridgehead atoms. The third kappa shape index (κ3) is 3.42. The molecule has 1 N–H and O–H groups in total. The first kappa shape index (κ1) is 17.3. The van der Waals surface area contributed by atoms with E-state index in [1.54, 1.807) is 22.4 Å². The number of fused-ring (bicyclic) bond motifs is 2. The van der Waals surface area contributed by atoms with E-state index in [2.05, 4.69) is 10.4 Å². The highest BCUT2D eigenvalue weighted by molar-refractivity contribution is 7.99. The molecule has 0 spiro atoms. The van der Waals surface area contributed by atoms with E-state index in [9.17, 15) is 14.0 Å². The lowest BCUT2D eigenvalue weighted by atomic mass is 10.0. The molecule has 1 aromatic carbocycles. The second-order valence-corrected chi connectivity index (χ2v) is 7.89. The summed E-state index contributed by atoms with van der Waals surface area (Å²) >= 11 is 1.67. The second kappa shape index (κ2) is 7.26. The van der Waals surface area contributed by atoms with Gasteiger partial charge in [0.25, 0.3) is 0 Å². The highest BCUT2D eigenvalue weighted by Gasteiger charge is 2.24. The lowest BCUT2D eigenvalue weighted by Gasteiger charge is -2.25. The number of nitrogens with zero attached hydrogens (tertiary/aromatic N) is 3. The van der Waals surface area contributed by atoms with Crippen LogP contribution in [0.4, 0.5) is 4.39 Å². The molecule has 6 nitrogen and oxygen atoms in total. The zero-order chi connectivity index (χ0) is 18.1. The van der Waals surface area contributed by atoms with Crippen LogP contribution in [0, 0.1) is 5.82 Å². The van der Waals surface area contributed by atoms with Crippen LogP contribution < -0.4 is 11.0 Å². The minimum absolute atomic E-state index is 0.104. The minimum atomic E-state index is -0.306. The highest BCUT2D eigenvalue weighted by Crippen LogP contribution is 2.36. The minimum Gasteiger partial charge on any atom is -0.348 e. The molecule has 0 aliphatic carbocycles. The summed E-state index contributed by atoms with van der Waals surface area (Å²) in [6, 6.07) is 4.45. The van der Waals surface area contributed by atoms with E-state index in [1.807, 2.05) is 0 Å². The van der Waals surface area contributed by atoms with E-state index in [1.165, 1.54) is 16.8 Å². The number of amides is 1. The van der Waals surface area contributed by atoms with Crippen LogP contribution >= 0.6 is 11.8 Å². The molecule has 4 rings (SSSR count). The van der Waals surface area contributed by atoms with Gasteiger partial charge in [-0.15, -0.1) is 11.8 Å². The Hall–Kier alpha value is -2.09. The van der Waals surface area contributed by atoms with Gasteiger partial charge in [0.15, 0.2) is 0 Å². The van der Waals surface area contributed by atoms with Crippen molar-refractivity contribution in [1.29, 1.82) is 0 Å². The summed E-state index contributed by atoms with van der Waals surface area (Å²) in [5, 5.41) is 7.29. The molecule has 2 aliphatic heterocycles. The van der Waals surface area contributed by atoms with Gasteiger partial charge in [0.1, 0.15) is 18.2 Å². The Morgan fingerprint density at radius 1 is 1.35 bits per heavy atom. The Bertz CT molecular complexity index is 892. The molecule has 138 valence electrons. The number of carbonyl (C=O) groups excluding carboxylic acids is 1. The van der Waals surface area contributed by atoms with Gasteiger partial charge < -0.3 is 5.32 Å². The maximum atomic E-state index is 13.6. The molecule has 0 saturated heterocycles. The van der Waals surface area contributed by atoms with Crippen molar-refractivity contribution < 1.29 is 9.18 Å². The van der Waals surface area contributed by atoms with Crippen molar-refractivity contribution in [3.8, 4) is 0 Å². The van der Waals surface area contributed by atoms with Gasteiger partial charge in [0.05, 0.1) is 6.04 Å². The Labute approximate surface area is 154 Å². The van der Waals surface area contributed by atoms with Crippen molar-refractivity contribution in [2.24, 2.45) is 0 Å². The molecule has 2 aromatic rings. The molecule has 8 heteroatoms. The smallest absolute Gasteiger partial charge is 0.346 e. The first-order valence-electron chi connectivity index (χ1n) is 9.00. The molecule has 0 saturated carbocycles. The lowest BCUT2D eigenvalue weighted by molar-refractivity contribution is -0.122. The van der Waals surface area contributed by atoms with Gasteiger partial charge in [-0.3, -0.25) is 9.36 Å². The van der Waals surface area contributed by atoms with Gasteiger partial charge in [-0.25, -0.2) is 13.9 Å². The average Bonchev–Trinajstić information content (AvgIpc) is 2.79. The zero-order valence-electron chi connectivity index (χ0n) is 14.4. The zero-order valence-corrected chi connectivity index (χ0v) is 15.2. The van der Waals surface area contributed by atoms with Crippen LogP contribution in [0.25, 0.3) is 0 Å². The van der Waals surface area contributed by atoms with Gasteiger partial charge in [0.2, 0.25) is 5.91 Å². The first-order chi connectivity index (χ1) is 12.6. The molecular weight excluding hydrogens is 355 g/mol.